The summed E-state index contributed by atoms with van der Waals surface area (Å²) in [4.78, 5) is 22.7. The average Bonchev–Trinajstić information content (AvgIpc) is 3.18. The van der Waals surface area contributed by atoms with Crippen LogP contribution in [0.5, 0.6) is 0 Å². The normalized spacial score (nSPS) is 18.0. The van der Waals surface area contributed by atoms with Gasteiger partial charge in [0.05, 0.1) is 12.4 Å². The van der Waals surface area contributed by atoms with Crippen molar-refractivity contribution in [3.63, 3.8) is 0 Å². The maximum Gasteiger partial charge on any atom is 0.243 e. The predicted octanol–water partition coefficient (Wildman–Crippen LogP) is 1.68. The SMILES string of the molecule is CNc1cc([C@@H]2CCCN2C(=O)Cn2ccnc2)ccn1. The molecule has 3 rings (SSSR count). The molecule has 3 heterocycles. The van der Waals surface area contributed by atoms with E-state index in [4.69, 9.17) is 0 Å². The number of pyridine rings is 1. The highest BCUT2D eigenvalue weighted by Crippen LogP contribution is 2.32. The number of nitrogens with zero attached hydrogens (tertiary/aromatic N) is 4. The van der Waals surface area contributed by atoms with Gasteiger partial charge in [0.2, 0.25) is 5.91 Å². The minimum absolute atomic E-state index is 0.137. The molecule has 0 bridgehead atoms. The number of nitrogens with one attached hydrogen (secondary N) is 1. The van der Waals surface area contributed by atoms with E-state index in [-0.39, 0.29) is 11.9 Å². The maximum atomic E-state index is 12.5. The first-order valence-electron chi connectivity index (χ1n) is 7.17. The fourth-order valence-corrected chi connectivity index (χ4v) is 2.83. The third kappa shape index (κ3) is 2.89. The molecule has 1 saturated heterocycles. The first-order valence-corrected chi connectivity index (χ1v) is 7.17. The lowest BCUT2D eigenvalue weighted by Crippen LogP contribution is -2.33. The summed E-state index contributed by atoms with van der Waals surface area (Å²) in [5.41, 5.74) is 1.14. The number of hydrogen-bond acceptors (Lipinski definition) is 4. The molecule has 6 heteroatoms. The number of amides is 1. The summed E-state index contributed by atoms with van der Waals surface area (Å²) in [5.74, 6) is 0.972. The van der Waals surface area contributed by atoms with Crippen molar-refractivity contribution in [1.29, 1.82) is 0 Å². The van der Waals surface area contributed by atoms with Gasteiger partial charge in [0.15, 0.2) is 0 Å². The third-order valence-electron chi connectivity index (χ3n) is 3.88. The Morgan fingerprint density at radius 3 is 3.14 bits per heavy atom. The largest absolute Gasteiger partial charge is 0.373 e. The van der Waals surface area contributed by atoms with E-state index in [1.54, 1.807) is 18.7 Å². The molecule has 0 aromatic carbocycles. The van der Waals surface area contributed by atoms with Gasteiger partial charge in [0.25, 0.3) is 0 Å². The monoisotopic (exact) mass is 285 g/mol. The lowest BCUT2D eigenvalue weighted by atomic mass is 10.1. The van der Waals surface area contributed by atoms with E-state index in [1.807, 2.05) is 34.8 Å². The molecule has 21 heavy (non-hydrogen) atoms. The summed E-state index contributed by atoms with van der Waals surface area (Å²) >= 11 is 0. The van der Waals surface area contributed by atoms with Crippen LogP contribution in [0.25, 0.3) is 0 Å². The Hall–Kier alpha value is -2.37. The van der Waals surface area contributed by atoms with Gasteiger partial charge >= 0.3 is 0 Å². The summed E-state index contributed by atoms with van der Waals surface area (Å²) in [7, 11) is 1.85. The zero-order chi connectivity index (χ0) is 14.7. The van der Waals surface area contributed by atoms with Crippen molar-refractivity contribution in [2.75, 3.05) is 18.9 Å². The molecule has 0 radical (unpaired) electrons. The fourth-order valence-electron chi connectivity index (χ4n) is 2.83. The zero-order valence-corrected chi connectivity index (χ0v) is 12.1. The molecule has 6 nitrogen and oxygen atoms in total. The molecule has 0 spiro atoms. The molecule has 2 aromatic heterocycles. The van der Waals surface area contributed by atoms with E-state index in [0.29, 0.717) is 6.54 Å². The Balaban J connectivity index is 1.76. The Morgan fingerprint density at radius 1 is 1.48 bits per heavy atom. The standard InChI is InChI=1S/C15H19N5O/c1-16-14-9-12(4-5-18-14)13-3-2-7-20(13)15(21)10-19-8-6-17-11-19/h4-6,8-9,11,13H,2-3,7,10H2,1H3,(H,16,18)/t13-/m0/s1. The van der Waals surface area contributed by atoms with Crippen molar-refractivity contribution >= 4 is 11.7 Å². The van der Waals surface area contributed by atoms with Crippen molar-refractivity contribution < 1.29 is 4.79 Å². The van der Waals surface area contributed by atoms with Crippen LogP contribution in [0.3, 0.4) is 0 Å². The van der Waals surface area contributed by atoms with Crippen LogP contribution in [0, 0.1) is 0 Å². The van der Waals surface area contributed by atoms with Gasteiger partial charge in [-0.1, -0.05) is 0 Å². The van der Waals surface area contributed by atoms with Crippen molar-refractivity contribution in [3.05, 3.63) is 42.6 Å². The highest BCUT2D eigenvalue weighted by Gasteiger charge is 2.30. The number of carbonyl (C=O) groups is 1. The van der Waals surface area contributed by atoms with E-state index in [9.17, 15) is 4.79 Å². The van der Waals surface area contributed by atoms with Crippen LogP contribution in [0.4, 0.5) is 5.82 Å². The van der Waals surface area contributed by atoms with Crippen LogP contribution in [0.2, 0.25) is 0 Å². The van der Waals surface area contributed by atoms with Crippen LogP contribution < -0.4 is 5.32 Å². The molecule has 1 amide bonds. The number of carbonyl (C=O) groups excluding carboxylic acids is 1. The van der Waals surface area contributed by atoms with Crippen molar-refractivity contribution in [2.24, 2.45) is 0 Å². The number of anilines is 1. The number of likely N-dealkylation sites (tertiary alicyclic amines) is 1. The number of imidazole rings is 1. The van der Waals surface area contributed by atoms with Crippen LogP contribution in [-0.2, 0) is 11.3 Å². The molecule has 1 fully saturated rings. The second-order valence-electron chi connectivity index (χ2n) is 5.20. The highest BCUT2D eigenvalue weighted by molar-refractivity contribution is 5.77. The Bertz CT molecular complexity index is 610. The second kappa shape index (κ2) is 5.95. The predicted molar refractivity (Wildman–Crippen MR) is 79.7 cm³/mol. The van der Waals surface area contributed by atoms with Crippen molar-refractivity contribution in [1.82, 2.24) is 19.4 Å². The number of rotatable bonds is 4. The van der Waals surface area contributed by atoms with E-state index in [1.165, 1.54) is 0 Å². The smallest absolute Gasteiger partial charge is 0.243 e. The average molecular weight is 285 g/mol. The summed E-state index contributed by atoms with van der Waals surface area (Å²) in [5, 5.41) is 3.04. The molecule has 2 aromatic rings. The Kier molecular flexibility index (Phi) is 3.85. The van der Waals surface area contributed by atoms with Crippen LogP contribution in [-0.4, -0.2) is 38.9 Å². The molecule has 0 aliphatic carbocycles. The molecule has 0 unspecified atom stereocenters. The maximum absolute atomic E-state index is 12.5. The Labute approximate surface area is 123 Å². The van der Waals surface area contributed by atoms with E-state index in [0.717, 1.165) is 30.8 Å². The van der Waals surface area contributed by atoms with Crippen LogP contribution >= 0.6 is 0 Å². The molecule has 0 saturated carbocycles. The summed E-state index contributed by atoms with van der Waals surface area (Å²) in [6.07, 6.45) is 9.01. The highest BCUT2D eigenvalue weighted by atomic mass is 16.2. The lowest BCUT2D eigenvalue weighted by molar-refractivity contribution is -0.132. The van der Waals surface area contributed by atoms with E-state index >= 15 is 0 Å². The molecule has 1 aliphatic heterocycles. The van der Waals surface area contributed by atoms with Gasteiger partial charge in [0, 0.05) is 32.2 Å². The van der Waals surface area contributed by atoms with Gasteiger partial charge in [-0.25, -0.2) is 9.97 Å². The van der Waals surface area contributed by atoms with Crippen LogP contribution in [0.1, 0.15) is 24.4 Å². The lowest BCUT2D eigenvalue weighted by Gasteiger charge is -2.25. The van der Waals surface area contributed by atoms with Gasteiger partial charge in [-0.3, -0.25) is 4.79 Å². The molecule has 110 valence electrons. The van der Waals surface area contributed by atoms with Gasteiger partial charge < -0.3 is 14.8 Å². The minimum atomic E-state index is 0.137. The van der Waals surface area contributed by atoms with Crippen LogP contribution in [0.15, 0.2) is 37.1 Å². The third-order valence-corrected chi connectivity index (χ3v) is 3.88. The van der Waals surface area contributed by atoms with E-state index < -0.39 is 0 Å². The molecular formula is C15H19N5O. The van der Waals surface area contributed by atoms with Gasteiger partial charge in [-0.05, 0) is 30.5 Å². The van der Waals surface area contributed by atoms with Crippen molar-refractivity contribution in [3.8, 4) is 0 Å². The zero-order valence-electron chi connectivity index (χ0n) is 12.1. The molecule has 1 atom stereocenters. The number of hydrogen-bond donors (Lipinski definition) is 1. The molecule has 1 N–H and O–H groups in total. The summed E-state index contributed by atoms with van der Waals surface area (Å²) in [6, 6.07) is 4.16. The summed E-state index contributed by atoms with van der Waals surface area (Å²) in [6.45, 7) is 1.16. The van der Waals surface area contributed by atoms with Crippen molar-refractivity contribution in [2.45, 2.75) is 25.4 Å². The van der Waals surface area contributed by atoms with Gasteiger partial charge in [-0.2, -0.15) is 0 Å². The first kappa shape index (κ1) is 13.6. The minimum Gasteiger partial charge on any atom is -0.373 e. The molecule has 1 aliphatic rings. The quantitative estimate of drug-likeness (QED) is 0.928. The Morgan fingerprint density at radius 2 is 2.38 bits per heavy atom. The van der Waals surface area contributed by atoms with E-state index in [2.05, 4.69) is 15.3 Å². The summed E-state index contributed by atoms with van der Waals surface area (Å²) < 4.78 is 1.81. The topological polar surface area (TPSA) is 63.1 Å². The second-order valence-corrected chi connectivity index (χ2v) is 5.20. The molecular weight excluding hydrogens is 266 g/mol. The van der Waals surface area contributed by atoms with Gasteiger partial charge in [0.1, 0.15) is 12.4 Å². The number of aromatic nitrogens is 3. The first-order chi connectivity index (χ1) is 10.3. The fraction of sp³-hybridized carbons (Fsp3) is 0.400. The van der Waals surface area contributed by atoms with Gasteiger partial charge in [-0.15, -0.1) is 0 Å².